The van der Waals surface area contributed by atoms with E-state index >= 15 is 0 Å². The number of rotatable bonds is 6. The van der Waals surface area contributed by atoms with Crippen LogP contribution < -0.4 is 4.74 Å². The topological polar surface area (TPSA) is 46.5 Å². The highest BCUT2D eigenvalue weighted by Gasteiger charge is 2.14. The third-order valence-corrected chi connectivity index (χ3v) is 2.98. The van der Waals surface area contributed by atoms with Gasteiger partial charge in [-0.1, -0.05) is 24.3 Å². The van der Waals surface area contributed by atoms with Crippen LogP contribution in [0, 0.1) is 5.82 Å². The number of halogens is 1. The maximum atomic E-state index is 14.0. The zero-order valence-electron chi connectivity index (χ0n) is 11.4. The van der Waals surface area contributed by atoms with Crippen LogP contribution in [-0.2, 0) is 0 Å². The summed E-state index contributed by atoms with van der Waals surface area (Å²) in [5.41, 5.74) is 0.598. The summed E-state index contributed by atoms with van der Waals surface area (Å²) in [6, 6.07) is 10.6. The molecule has 3 nitrogen and oxygen atoms in total. The molecule has 0 aliphatic carbocycles. The number of carboxylic acids is 1. The lowest BCUT2D eigenvalue weighted by Crippen LogP contribution is -2.01. The molecule has 0 fully saturated rings. The number of hydrogen-bond acceptors (Lipinski definition) is 2. The lowest BCUT2D eigenvalue weighted by molar-refractivity contribution is 0.0697. The number of carboxylic acid groups (broad SMARTS) is 1. The van der Waals surface area contributed by atoms with Gasteiger partial charge in [0.05, 0.1) is 12.2 Å². The molecule has 2 aromatic carbocycles. The molecule has 0 aliphatic heterocycles. The molecule has 0 radical (unpaired) electrons. The number of hydrogen-bond donors (Lipinski definition) is 1. The van der Waals surface area contributed by atoms with E-state index in [1.54, 1.807) is 24.3 Å². The van der Waals surface area contributed by atoms with Crippen molar-refractivity contribution in [2.75, 3.05) is 6.61 Å². The Morgan fingerprint density at radius 3 is 2.71 bits per heavy atom. The van der Waals surface area contributed by atoms with Gasteiger partial charge in [-0.2, -0.15) is 0 Å². The van der Waals surface area contributed by atoms with Crippen molar-refractivity contribution < 1.29 is 19.0 Å². The monoisotopic (exact) mass is 286 g/mol. The van der Waals surface area contributed by atoms with Crippen molar-refractivity contribution in [3.05, 3.63) is 66.5 Å². The van der Waals surface area contributed by atoms with Gasteiger partial charge in [-0.25, -0.2) is 9.18 Å². The molecule has 108 valence electrons. The first kappa shape index (κ1) is 14.8. The molecule has 0 atom stereocenters. The van der Waals surface area contributed by atoms with Crippen molar-refractivity contribution >= 4 is 5.97 Å². The Morgan fingerprint density at radius 2 is 2.00 bits per heavy atom. The second-order valence-electron chi connectivity index (χ2n) is 4.42. The molecule has 0 unspecified atom stereocenters. The summed E-state index contributed by atoms with van der Waals surface area (Å²) in [6.07, 6.45) is 2.41. The molecular weight excluding hydrogens is 271 g/mol. The Balaban J connectivity index is 2.41. The predicted octanol–water partition coefficient (Wildman–Crippen LogP) is 4.15. The van der Waals surface area contributed by atoms with Gasteiger partial charge >= 0.3 is 5.97 Å². The molecule has 0 aliphatic rings. The lowest BCUT2D eigenvalue weighted by Gasteiger charge is -2.10. The van der Waals surface area contributed by atoms with E-state index in [1.165, 1.54) is 24.3 Å². The Morgan fingerprint density at radius 1 is 1.24 bits per heavy atom. The minimum Gasteiger partial charge on any atom is -0.493 e. The minimum absolute atomic E-state index is 0.0552. The Kier molecular flexibility index (Phi) is 4.72. The van der Waals surface area contributed by atoms with Crippen LogP contribution in [0.3, 0.4) is 0 Å². The molecule has 0 spiro atoms. The van der Waals surface area contributed by atoms with Crippen molar-refractivity contribution in [2.45, 2.75) is 6.42 Å². The van der Waals surface area contributed by atoms with Gasteiger partial charge in [0.25, 0.3) is 0 Å². The van der Waals surface area contributed by atoms with Crippen LogP contribution in [0.25, 0.3) is 11.1 Å². The molecule has 2 rings (SSSR count). The Labute approximate surface area is 122 Å². The molecule has 0 aromatic heterocycles. The van der Waals surface area contributed by atoms with Crippen LogP contribution in [0.2, 0.25) is 0 Å². The zero-order chi connectivity index (χ0) is 15.2. The average Bonchev–Trinajstić information content (AvgIpc) is 2.49. The van der Waals surface area contributed by atoms with Gasteiger partial charge in [0.2, 0.25) is 0 Å². The van der Waals surface area contributed by atoms with E-state index in [1.807, 2.05) is 0 Å². The molecule has 21 heavy (non-hydrogen) atoms. The summed E-state index contributed by atoms with van der Waals surface area (Å²) in [5, 5.41) is 9.20. The van der Waals surface area contributed by atoms with Crippen LogP contribution in [0.4, 0.5) is 4.39 Å². The molecule has 0 saturated carbocycles. The second-order valence-corrected chi connectivity index (χ2v) is 4.42. The third kappa shape index (κ3) is 3.48. The van der Waals surface area contributed by atoms with E-state index in [9.17, 15) is 14.3 Å². The van der Waals surface area contributed by atoms with Crippen LogP contribution in [0.5, 0.6) is 5.75 Å². The van der Waals surface area contributed by atoms with Crippen LogP contribution in [0.15, 0.2) is 55.1 Å². The minimum atomic E-state index is -1.09. The SMILES string of the molecule is C=CCCOc1ccc(F)c(-c2ccccc2C(=O)O)c1. The molecule has 4 heteroatoms. The lowest BCUT2D eigenvalue weighted by atomic mass is 9.99. The quantitative estimate of drug-likeness (QED) is 0.641. The van der Waals surface area contributed by atoms with E-state index in [4.69, 9.17) is 4.74 Å². The van der Waals surface area contributed by atoms with E-state index in [-0.39, 0.29) is 11.1 Å². The molecule has 2 aromatic rings. The Hall–Kier alpha value is -2.62. The number of carbonyl (C=O) groups is 1. The van der Waals surface area contributed by atoms with Gasteiger partial charge in [-0.05, 0) is 36.2 Å². The van der Waals surface area contributed by atoms with E-state index in [2.05, 4.69) is 6.58 Å². The van der Waals surface area contributed by atoms with Gasteiger partial charge in [0.15, 0.2) is 0 Å². The average molecular weight is 286 g/mol. The number of aromatic carboxylic acids is 1. The number of benzene rings is 2. The van der Waals surface area contributed by atoms with Crippen molar-refractivity contribution in [3.8, 4) is 16.9 Å². The van der Waals surface area contributed by atoms with Gasteiger partial charge in [-0.15, -0.1) is 6.58 Å². The van der Waals surface area contributed by atoms with E-state index in [0.717, 1.165) is 0 Å². The standard InChI is InChI=1S/C17H15FO3/c1-2-3-10-21-12-8-9-16(18)15(11-12)13-6-4-5-7-14(13)17(19)20/h2,4-9,11H,1,3,10H2,(H,19,20). The maximum absolute atomic E-state index is 14.0. The highest BCUT2D eigenvalue weighted by molar-refractivity contribution is 5.96. The van der Waals surface area contributed by atoms with E-state index < -0.39 is 11.8 Å². The summed E-state index contributed by atoms with van der Waals surface area (Å²) in [4.78, 5) is 11.2. The van der Waals surface area contributed by atoms with Crippen LogP contribution in [-0.4, -0.2) is 17.7 Å². The van der Waals surface area contributed by atoms with Crippen LogP contribution in [0.1, 0.15) is 16.8 Å². The van der Waals surface area contributed by atoms with Gasteiger partial charge in [-0.3, -0.25) is 0 Å². The summed E-state index contributed by atoms with van der Waals surface area (Å²) in [7, 11) is 0. The van der Waals surface area contributed by atoms with Crippen LogP contribution >= 0.6 is 0 Å². The summed E-state index contributed by atoms with van der Waals surface area (Å²) >= 11 is 0. The predicted molar refractivity (Wildman–Crippen MR) is 79.1 cm³/mol. The largest absolute Gasteiger partial charge is 0.493 e. The molecule has 0 bridgehead atoms. The highest BCUT2D eigenvalue weighted by atomic mass is 19.1. The van der Waals surface area contributed by atoms with Gasteiger partial charge in [0, 0.05) is 5.56 Å². The highest BCUT2D eigenvalue weighted by Crippen LogP contribution is 2.29. The van der Waals surface area contributed by atoms with Gasteiger partial charge in [0.1, 0.15) is 11.6 Å². The Bertz CT molecular complexity index is 665. The molecular formula is C17H15FO3. The molecule has 0 saturated heterocycles. The maximum Gasteiger partial charge on any atom is 0.336 e. The normalized spacial score (nSPS) is 10.1. The van der Waals surface area contributed by atoms with Crippen molar-refractivity contribution in [2.24, 2.45) is 0 Å². The summed E-state index contributed by atoms with van der Waals surface area (Å²) in [6.45, 7) is 4.04. The molecule has 1 N–H and O–H groups in total. The first-order valence-electron chi connectivity index (χ1n) is 6.49. The second kappa shape index (κ2) is 6.70. The first-order chi connectivity index (χ1) is 10.1. The molecule has 0 amide bonds. The fourth-order valence-electron chi connectivity index (χ4n) is 1.97. The smallest absolute Gasteiger partial charge is 0.336 e. The zero-order valence-corrected chi connectivity index (χ0v) is 11.4. The summed E-state index contributed by atoms with van der Waals surface area (Å²) in [5.74, 6) is -1.09. The molecule has 0 heterocycles. The summed E-state index contributed by atoms with van der Waals surface area (Å²) < 4.78 is 19.5. The van der Waals surface area contributed by atoms with Crippen molar-refractivity contribution in [3.63, 3.8) is 0 Å². The van der Waals surface area contributed by atoms with Crippen molar-refractivity contribution in [1.29, 1.82) is 0 Å². The third-order valence-electron chi connectivity index (χ3n) is 2.98. The fourth-order valence-corrected chi connectivity index (χ4v) is 1.97. The first-order valence-corrected chi connectivity index (χ1v) is 6.49. The fraction of sp³-hybridized carbons (Fsp3) is 0.118. The van der Waals surface area contributed by atoms with E-state index in [0.29, 0.717) is 24.3 Å². The number of ether oxygens (including phenoxy) is 1. The van der Waals surface area contributed by atoms with Gasteiger partial charge < -0.3 is 9.84 Å². The van der Waals surface area contributed by atoms with Crippen molar-refractivity contribution in [1.82, 2.24) is 0 Å².